The van der Waals surface area contributed by atoms with E-state index in [1.165, 1.54) is 0 Å². The molecular formula is C14H15N3O. The van der Waals surface area contributed by atoms with E-state index in [0.29, 0.717) is 0 Å². The van der Waals surface area contributed by atoms with E-state index in [4.69, 9.17) is 0 Å². The van der Waals surface area contributed by atoms with Gasteiger partial charge in [-0.25, -0.2) is 0 Å². The Morgan fingerprint density at radius 2 is 1.72 bits per heavy atom. The number of aromatic nitrogens is 1. The maximum absolute atomic E-state index is 11.6. The van der Waals surface area contributed by atoms with Gasteiger partial charge in [-0.15, -0.1) is 5.11 Å². The molecule has 0 saturated carbocycles. The van der Waals surface area contributed by atoms with E-state index >= 15 is 0 Å². The van der Waals surface area contributed by atoms with Crippen molar-refractivity contribution < 1.29 is 0 Å². The number of benzene rings is 1. The van der Waals surface area contributed by atoms with Gasteiger partial charge in [0.2, 0.25) is 0 Å². The molecule has 0 N–H and O–H groups in total. The van der Waals surface area contributed by atoms with Crippen molar-refractivity contribution in [1.82, 2.24) is 4.57 Å². The van der Waals surface area contributed by atoms with Crippen LogP contribution in [0.4, 0.5) is 11.4 Å². The van der Waals surface area contributed by atoms with Crippen molar-refractivity contribution in [3.05, 3.63) is 58.0 Å². The van der Waals surface area contributed by atoms with Crippen molar-refractivity contribution in [3.63, 3.8) is 0 Å². The normalized spacial score (nSPS) is 11.1. The number of hydrogen-bond donors (Lipinski definition) is 0. The summed E-state index contributed by atoms with van der Waals surface area (Å²) in [5.74, 6) is 0. The van der Waals surface area contributed by atoms with Gasteiger partial charge in [0, 0.05) is 18.8 Å². The van der Waals surface area contributed by atoms with Crippen LogP contribution in [0, 0.1) is 13.8 Å². The van der Waals surface area contributed by atoms with Crippen LogP contribution in [-0.4, -0.2) is 4.57 Å². The molecule has 0 aliphatic carbocycles. The summed E-state index contributed by atoms with van der Waals surface area (Å²) < 4.78 is 1.58. The second kappa shape index (κ2) is 4.96. The lowest BCUT2D eigenvalue weighted by molar-refractivity contribution is 0.812. The van der Waals surface area contributed by atoms with Crippen molar-refractivity contribution in [1.29, 1.82) is 0 Å². The number of aryl methyl sites for hydroxylation is 1. The predicted octanol–water partition coefficient (Wildman–Crippen LogP) is 3.42. The molecule has 0 aliphatic rings. The number of hydrogen-bond acceptors (Lipinski definition) is 3. The molecule has 0 atom stereocenters. The van der Waals surface area contributed by atoms with Gasteiger partial charge in [0.15, 0.2) is 0 Å². The molecule has 1 heterocycles. The predicted molar refractivity (Wildman–Crippen MR) is 71.8 cm³/mol. The molecule has 1 aromatic carbocycles. The molecule has 1 aromatic heterocycles. The van der Waals surface area contributed by atoms with Gasteiger partial charge >= 0.3 is 0 Å². The minimum absolute atomic E-state index is 0.0244. The van der Waals surface area contributed by atoms with Crippen molar-refractivity contribution >= 4 is 11.4 Å². The second-order valence-corrected chi connectivity index (χ2v) is 4.19. The third kappa shape index (κ3) is 2.37. The number of azo groups is 1. The summed E-state index contributed by atoms with van der Waals surface area (Å²) in [5.41, 5.74) is 3.18. The van der Waals surface area contributed by atoms with Crippen molar-refractivity contribution in [2.45, 2.75) is 13.8 Å². The Balaban J connectivity index is 2.44. The molecule has 4 nitrogen and oxygen atoms in total. The Bertz CT molecular complexity index is 642. The molecule has 0 unspecified atom stereocenters. The largest absolute Gasteiger partial charge is 0.314 e. The lowest BCUT2D eigenvalue weighted by Gasteiger charge is -2.08. The number of rotatable bonds is 2. The fourth-order valence-corrected chi connectivity index (χ4v) is 1.71. The standard InChI is InChI=1S/C14H15N3O/c1-10-9-13(18)17(3)11(2)14(10)16-15-12-7-5-4-6-8-12/h4-9H,1-3H3. The molecule has 0 fully saturated rings. The van der Waals surface area contributed by atoms with Gasteiger partial charge < -0.3 is 4.57 Å². The Morgan fingerprint density at radius 3 is 2.39 bits per heavy atom. The summed E-state index contributed by atoms with van der Waals surface area (Å²) in [6.07, 6.45) is 0. The van der Waals surface area contributed by atoms with Crippen LogP contribution in [-0.2, 0) is 7.05 Å². The van der Waals surface area contributed by atoms with Crippen LogP contribution in [0.5, 0.6) is 0 Å². The molecule has 0 amide bonds. The summed E-state index contributed by atoms with van der Waals surface area (Å²) in [6.45, 7) is 3.74. The Labute approximate surface area is 106 Å². The van der Waals surface area contributed by atoms with E-state index < -0.39 is 0 Å². The first-order chi connectivity index (χ1) is 8.59. The van der Waals surface area contributed by atoms with E-state index in [9.17, 15) is 4.79 Å². The third-order valence-electron chi connectivity index (χ3n) is 2.91. The van der Waals surface area contributed by atoms with Gasteiger partial charge in [-0.05, 0) is 31.5 Å². The first-order valence-corrected chi connectivity index (χ1v) is 5.73. The third-order valence-corrected chi connectivity index (χ3v) is 2.91. The highest BCUT2D eigenvalue weighted by molar-refractivity contribution is 5.49. The average Bonchev–Trinajstić information content (AvgIpc) is 2.37. The minimum atomic E-state index is -0.0244. The van der Waals surface area contributed by atoms with E-state index in [1.54, 1.807) is 17.7 Å². The van der Waals surface area contributed by atoms with E-state index in [1.807, 2.05) is 44.2 Å². The Morgan fingerprint density at radius 1 is 1.06 bits per heavy atom. The molecule has 0 saturated heterocycles. The molecule has 2 aromatic rings. The first kappa shape index (κ1) is 12.2. The molecule has 4 heteroatoms. The second-order valence-electron chi connectivity index (χ2n) is 4.19. The monoisotopic (exact) mass is 241 g/mol. The minimum Gasteiger partial charge on any atom is -0.314 e. The molecule has 0 spiro atoms. The maximum atomic E-state index is 11.6. The molecule has 18 heavy (non-hydrogen) atoms. The summed E-state index contributed by atoms with van der Waals surface area (Å²) in [7, 11) is 1.73. The first-order valence-electron chi connectivity index (χ1n) is 5.73. The van der Waals surface area contributed by atoms with Crippen molar-refractivity contribution in [3.8, 4) is 0 Å². The molecule has 0 bridgehead atoms. The van der Waals surface area contributed by atoms with E-state index in [2.05, 4.69) is 10.2 Å². The van der Waals surface area contributed by atoms with Crippen LogP contribution in [0.25, 0.3) is 0 Å². The summed E-state index contributed by atoms with van der Waals surface area (Å²) in [4.78, 5) is 11.6. The van der Waals surface area contributed by atoms with Gasteiger partial charge in [-0.2, -0.15) is 5.11 Å². The maximum Gasteiger partial charge on any atom is 0.250 e. The topological polar surface area (TPSA) is 46.7 Å². The van der Waals surface area contributed by atoms with Gasteiger partial charge in [0.05, 0.1) is 5.69 Å². The lowest BCUT2D eigenvalue weighted by atomic mass is 10.2. The summed E-state index contributed by atoms with van der Waals surface area (Å²) >= 11 is 0. The molecule has 0 radical (unpaired) electrons. The fourth-order valence-electron chi connectivity index (χ4n) is 1.71. The molecular weight excluding hydrogens is 226 g/mol. The van der Waals surface area contributed by atoms with Crippen LogP contribution in [0.2, 0.25) is 0 Å². The quantitative estimate of drug-likeness (QED) is 0.743. The molecule has 2 rings (SSSR count). The highest BCUT2D eigenvalue weighted by Gasteiger charge is 2.06. The smallest absolute Gasteiger partial charge is 0.250 e. The summed E-state index contributed by atoms with van der Waals surface area (Å²) in [6, 6.07) is 11.1. The lowest BCUT2D eigenvalue weighted by Crippen LogP contribution is -2.18. The fraction of sp³-hybridized carbons (Fsp3) is 0.214. The van der Waals surface area contributed by atoms with Gasteiger partial charge in [0.25, 0.3) is 5.56 Å². The van der Waals surface area contributed by atoms with Crippen LogP contribution in [0.3, 0.4) is 0 Å². The molecule has 92 valence electrons. The van der Waals surface area contributed by atoms with Gasteiger partial charge in [-0.1, -0.05) is 18.2 Å². The van der Waals surface area contributed by atoms with Crippen molar-refractivity contribution in [2.24, 2.45) is 17.3 Å². The van der Waals surface area contributed by atoms with Crippen molar-refractivity contribution in [2.75, 3.05) is 0 Å². The number of nitrogens with zero attached hydrogens (tertiary/aromatic N) is 3. The highest BCUT2D eigenvalue weighted by atomic mass is 16.1. The number of pyridine rings is 1. The van der Waals surface area contributed by atoms with Crippen LogP contribution in [0.15, 0.2) is 51.4 Å². The zero-order chi connectivity index (χ0) is 13.1. The van der Waals surface area contributed by atoms with Crippen LogP contribution < -0.4 is 5.56 Å². The Kier molecular flexibility index (Phi) is 3.37. The van der Waals surface area contributed by atoms with E-state index in [-0.39, 0.29) is 5.56 Å². The Hall–Kier alpha value is -2.23. The summed E-state index contributed by atoms with van der Waals surface area (Å²) in [5, 5.41) is 8.42. The zero-order valence-corrected chi connectivity index (χ0v) is 10.7. The molecule has 0 aliphatic heterocycles. The van der Waals surface area contributed by atoms with Crippen LogP contribution >= 0.6 is 0 Å². The SMILES string of the molecule is Cc1cc(=O)n(C)c(C)c1N=Nc1ccccc1. The van der Waals surface area contributed by atoms with Gasteiger partial charge in [0.1, 0.15) is 5.69 Å². The van der Waals surface area contributed by atoms with Crippen LogP contribution in [0.1, 0.15) is 11.3 Å². The highest BCUT2D eigenvalue weighted by Crippen LogP contribution is 2.23. The average molecular weight is 241 g/mol. The van der Waals surface area contributed by atoms with E-state index in [0.717, 1.165) is 22.6 Å². The zero-order valence-electron chi connectivity index (χ0n) is 10.7. The van der Waals surface area contributed by atoms with Gasteiger partial charge in [-0.3, -0.25) is 4.79 Å².